The summed E-state index contributed by atoms with van der Waals surface area (Å²) in [4.78, 5) is 11.9. The molecule has 1 aliphatic rings. The molecule has 2 rings (SSSR count). The standard InChI is InChI=1S/C14H21N3O/c1-2-12-8-9-13(17-16-12)14(18)15-10-11-6-4-3-5-7-11/h8-9,11H,2-7,10H2,1H3,(H,15,18). The molecule has 1 saturated carbocycles. The van der Waals surface area contributed by atoms with Gasteiger partial charge in [0.2, 0.25) is 0 Å². The molecule has 0 aromatic carbocycles. The molecule has 0 unspecified atom stereocenters. The Morgan fingerprint density at radius 2 is 2.06 bits per heavy atom. The predicted octanol–water partition coefficient (Wildman–Crippen LogP) is 2.35. The van der Waals surface area contributed by atoms with E-state index in [1.54, 1.807) is 6.07 Å². The summed E-state index contributed by atoms with van der Waals surface area (Å²) in [6.45, 7) is 2.79. The second-order valence-corrected chi connectivity index (χ2v) is 4.98. The van der Waals surface area contributed by atoms with E-state index in [0.717, 1.165) is 18.7 Å². The molecule has 1 aromatic heterocycles. The van der Waals surface area contributed by atoms with Gasteiger partial charge in [0.15, 0.2) is 5.69 Å². The van der Waals surface area contributed by atoms with Crippen LogP contribution in [-0.4, -0.2) is 22.6 Å². The molecule has 1 amide bonds. The van der Waals surface area contributed by atoms with Crippen LogP contribution in [0.2, 0.25) is 0 Å². The zero-order valence-electron chi connectivity index (χ0n) is 11.0. The quantitative estimate of drug-likeness (QED) is 0.888. The summed E-state index contributed by atoms with van der Waals surface area (Å²) in [5, 5.41) is 10.9. The Hall–Kier alpha value is -1.45. The zero-order chi connectivity index (χ0) is 12.8. The number of amides is 1. The number of aryl methyl sites for hydroxylation is 1. The maximum absolute atomic E-state index is 11.9. The van der Waals surface area contributed by atoms with Crippen LogP contribution < -0.4 is 5.32 Å². The van der Waals surface area contributed by atoms with E-state index in [2.05, 4.69) is 15.5 Å². The maximum Gasteiger partial charge on any atom is 0.271 e. The van der Waals surface area contributed by atoms with Crippen LogP contribution in [0.25, 0.3) is 0 Å². The minimum absolute atomic E-state index is 0.101. The van der Waals surface area contributed by atoms with Crippen molar-refractivity contribution in [2.24, 2.45) is 5.92 Å². The van der Waals surface area contributed by atoms with Gasteiger partial charge in [-0.15, -0.1) is 5.10 Å². The molecule has 0 aliphatic heterocycles. The molecule has 98 valence electrons. The number of carbonyl (C=O) groups excluding carboxylic acids is 1. The fraction of sp³-hybridized carbons (Fsp3) is 0.643. The summed E-state index contributed by atoms with van der Waals surface area (Å²) in [5.74, 6) is 0.543. The molecule has 0 bridgehead atoms. The van der Waals surface area contributed by atoms with E-state index >= 15 is 0 Å². The Morgan fingerprint density at radius 3 is 2.67 bits per heavy atom. The van der Waals surface area contributed by atoms with Gasteiger partial charge >= 0.3 is 0 Å². The Labute approximate surface area is 108 Å². The lowest BCUT2D eigenvalue weighted by atomic mass is 9.89. The first-order chi connectivity index (χ1) is 8.79. The third-order valence-corrected chi connectivity index (χ3v) is 3.59. The number of nitrogens with one attached hydrogen (secondary N) is 1. The van der Waals surface area contributed by atoms with Crippen LogP contribution in [-0.2, 0) is 6.42 Å². The lowest BCUT2D eigenvalue weighted by Crippen LogP contribution is -2.31. The van der Waals surface area contributed by atoms with Gasteiger partial charge in [0.25, 0.3) is 5.91 Å². The Morgan fingerprint density at radius 1 is 1.28 bits per heavy atom. The average Bonchev–Trinajstić information content (AvgIpc) is 2.46. The van der Waals surface area contributed by atoms with E-state index in [4.69, 9.17) is 0 Å². The van der Waals surface area contributed by atoms with E-state index in [0.29, 0.717) is 11.6 Å². The topological polar surface area (TPSA) is 54.9 Å². The second kappa shape index (κ2) is 6.47. The van der Waals surface area contributed by atoms with Gasteiger partial charge in [0.1, 0.15) is 0 Å². The molecule has 4 heteroatoms. The highest BCUT2D eigenvalue weighted by Crippen LogP contribution is 2.22. The van der Waals surface area contributed by atoms with Gasteiger partial charge in [0.05, 0.1) is 5.69 Å². The molecular weight excluding hydrogens is 226 g/mol. The Balaban J connectivity index is 1.82. The number of hydrogen-bond donors (Lipinski definition) is 1. The SMILES string of the molecule is CCc1ccc(C(=O)NCC2CCCCC2)nn1. The van der Waals surface area contributed by atoms with Gasteiger partial charge in [-0.25, -0.2) is 0 Å². The third-order valence-electron chi connectivity index (χ3n) is 3.59. The number of aromatic nitrogens is 2. The molecule has 18 heavy (non-hydrogen) atoms. The lowest BCUT2D eigenvalue weighted by Gasteiger charge is -2.21. The Kier molecular flexibility index (Phi) is 4.67. The molecular formula is C14H21N3O. The predicted molar refractivity (Wildman–Crippen MR) is 70.3 cm³/mol. The zero-order valence-corrected chi connectivity index (χ0v) is 11.0. The van der Waals surface area contributed by atoms with E-state index in [-0.39, 0.29) is 5.91 Å². The van der Waals surface area contributed by atoms with Crippen molar-refractivity contribution >= 4 is 5.91 Å². The highest BCUT2D eigenvalue weighted by atomic mass is 16.1. The number of hydrogen-bond acceptors (Lipinski definition) is 3. The minimum Gasteiger partial charge on any atom is -0.350 e. The third kappa shape index (κ3) is 3.52. The molecule has 1 fully saturated rings. The maximum atomic E-state index is 11.9. The van der Waals surface area contributed by atoms with Crippen molar-refractivity contribution in [3.8, 4) is 0 Å². The highest BCUT2D eigenvalue weighted by Gasteiger charge is 2.15. The largest absolute Gasteiger partial charge is 0.350 e. The van der Waals surface area contributed by atoms with Crippen molar-refractivity contribution < 1.29 is 4.79 Å². The Bertz CT molecular complexity index is 383. The highest BCUT2D eigenvalue weighted by molar-refractivity contribution is 5.91. The summed E-state index contributed by atoms with van der Waals surface area (Å²) >= 11 is 0. The molecule has 1 aliphatic carbocycles. The van der Waals surface area contributed by atoms with Gasteiger partial charge in [-0.3, -0.25) is 4.79 Å². The summed E-state index contributed by atoms with van der Waals surface area (Å²) in [6.07, 6.45) is 7.25. The first-order valence-electron chi connectivity index (χ1n) is 6.90. The normalized spacial score (nSPS) is 16.5. The van der Waals surface area contributed by atoms with Gasteiger partial charge in [-0.05, 0) is 37.3 Å². The van der Waals surface area contributed by atoms with Crippen LogP contribution in [0.5, 0.6) is 0 Å². The van der Waals surface area contributed by atoms with Crippen molar-refractivity contribution in [1.29, 1.82) is 0 Å². The van der Waals surface area contributed by atoms with Gasteiger partial charge in [-0.2, -0.15) is 5.10 Å². The van der Waals surface area contributed by atoms with Gasteiger partial charge in [-0.1, -0.05) is 26.2 Å². The van der Waals surface area contributed by atoms with Crippen molar-refractivity contribution in [3.63, 3.8) is 0 Å². The first kappa shape index (κ1) is 13.0. The summed E-state index contributed by atoms with van der Waals surface area (Å²) in [6, 6.07) is 3.62. The minimum atomic E-state index is -0.101. The molecule has 1 aromatic rings. The van der Waals surface area contributed by atoms with Crippen LogP contribution in [0.1, 0.15) is 55.2 Å². The number of rotatable bonds is 4. The number of carbonyl (C=O) groups is 1. The van der Waals surface area contributed by atoms with E-state index < -0.39 is 0 Å². The lowest BCUT2D eigenvalue weighted by molar-refractivity contribution is 0.0937. The van der Waals surface area contributed by atoms with Crippen LogP contribution in [0, 0.1) is 5.92 Å². The smallest absolute Gasteiger partial charge is 0.271 e. The fourth-order valence-corrected chi connectivity index (χ4v) is 2.39. The summed E-state index contributed by atoms with van der Waals surface area (Å²) in [5.41, 5.74) is 1.34. The van der Waals surface area contributed by atoms with Crippen LogP contribution in [0.4, 0.5) is 0 Å². The monoisotopic (exact) mass is 247 g/mol. The molecule has 1 N–H and O–H groups in total. The first-order valence-corrected chi connectivity index (χ1v) is 6.90. The van der Waals surface area contributed by atoms with Crippen molar-refractivity contribution in [3.05, 3.63) is 23.5 Å². The molecule has 0 saturated heterocycles. The van der Waals surface area contributed by atoms with E-state index in [9.17, 15) is 4.79 Å². The molecule has 1 heterocycles. The van der Waals surface area contributed by atoms with Gasteiger partial charge in [0, 0.05) is 6.54 Å². The van der Waals surface area contributed by atoms with Crippen LogP contribution >= 0.6 is 0 Å². The van der Waals surface area contributed by atoms with Crippen molar-refractivity contribution in [1.82, 2.24) is 15.5 Å². The van der Waals surface area contributed by atoms with Crippen molar-refractivity contribution in [2.75, 3.05) is 6.54 Å². The molecule has 0 atom stereocenters. The van der Waals surface area contributed by atoms with Crippen LogP contribution in [0.15, 0.2) is 12.1 Å². The number of nitrogens with zero attached hydrogens (tertiary/aromatic N) is 2. The summed E-state index contributed by atoms with van der Waals surface area (Å²) < 4.78 is 0. The average molecular weight is 247 g/mol. The van der Waals surface area contributed by atoms with E-state index in [1.807, 2.05) is 13.0 Å². The van der Waals surface area contributed by atoms with E-state index in [1.165, 1.54) is 32.1 Å². The summed E-state index contributed by atoms with van der Waals surface area (Å²) in [7, 11) is 0. The van der Waals surface area contributed by atoms with Crippen LogP contribution in [0.3, 0.4) is 0 Å². The molecule has 0 radical (unpaired) electrons. The van der Waals surface area contributed by atoms with Gasteiger partial charge < -0.3 is 5.32 Å². The fourth-order valence-electron chi connectivity index (χ4n) is 2.39. The second-order valence-electron chi connectivity index (χ2n) is 4.98. The molecule has 4 nitrogen and oxygen atoms in total. The molecule has 0 spiro atoms. The van der Waals surface area contributed by atoms with Crippen molar-refractivity contribution in [2.45, 2.75) is 45.4 Å².